The molecule has 3 saturated heterocycles. The quantitative estimate of drug-likeness (QED) is 0.177. The second kappa shape index (κ2) is 17.0. The summed E-state index contributed by atoms with van der Waals surface area (Å²) in [4.78, 5) is 69.0. The van der Waals surface area contributed by atoms with Crippen molar-refractivity contribution in [2.45, 2.75) is 69.4 Å². The van der Waals surface area contributed by atoms with Crippen LogP contribution in [-0.4, -0.2) is 132 Å². The summed E-state index contributed by atoms with van der Waals surface area (Å²) in [5.41, 5.74) is 11.5. The van der Waals surface area contributed by atoms with E-state index in [0.29, 0.717) is 36.3 Å². The number of aldehydes is 1. The van der Waals surface area contributed by atoms with E-state index in [1.165, 1.54) is 11.1 Å². The van der Waals surface area contributed by atoms with Gasteiger partial charge in [-0.2, -0.15) is 0 Å². The summed E-state index contributed by atoms with van der Waals surface area (Å²) in [6.45, 7) is 6.66. The lowest BCUT2D eigenvalue weighted by Crippen LogP contribution is -2.49. The molecule has 2 aromatic carbocycles. The number of nitrogens with one attached hydrogen (secondary N) is 2. The van der Waals surface area contributed by atoms with Gasteiger partial charge in [0.25, 0.3) is 5.91 Å². The Morgan fingerprint density at radius 2 is 1.76 bits per heavy atom. The second-order valence-electron chi connectivity index (χ2n) is 15.9. The lowest BCUT2D eigenvalue weighted by atomic mass is 9.93. The van der Waals surface area contributed by atoms with Crippen LogP contribution in [0.1, 0.15) is 71.8 Å². The van der Waals surface area contributed by atoms with Crippen molar-refractivity contribution < 1.29 is 23.7 Å². The summed E-state index contributed by atoms with van der Waals surface area (Å²) < 4.78 is 5.93. The number of carbonyl (C=O) groups is 4. The number of likely N-dealkylation sites (N-methyl/N-ethyl adjacent to an activating group) is 2. The van der Waals surface area contributed by atoms with Gasteiger partial charge < -0.3 is 45.3 Å². The van der Waals surface area contributed by atoms with Crippen molar-refractivity contribution in [3.05, 3.63) is 65.1 Å². The fourth-order valence-corrected chi connectivity index (χ4v) is 9.28. The average molecular weight is 792 g/mol. The van der Waals surface area contributed by atoms with Gasteiger partial charge in [-0.05, 0) is 80.8 Å². The zero-order valence-electron chi connectivity index (χ0n) is 33.4. The number of nitrogens with zero attached hydrogens (tertiary/aromatic N) is 8. The van der Waals surface area contributed by atoms with Crippen LogP contribution < -0.4 is 26.2 Å². The van der Waals surface area contributed by atoms with Crippen LogP contribution in [-0.2, 0) is 22.4 Å². The van der Waals surface area contributed by atoms with Crippen LogP contribution in [0.4, 0.5) is 27.8 Å². The molecule has 2 unspecified atom stereocenters. The highest BCUT2D eigenvalue weighted by Gasteiger charge is 2.35. The van der Waals surface area contributed by atoms with E-state index in [9.17, 15) is 19.2 Å². The molecule has 4 N–H and O–H groups in total. The number of hydrogen-bond acceptors (Lipinski definition) is 12. The zero-order valence-corrected chi connectivity index (χ0v) is 33.4. The van der Waals surface area contributed by atoms with E-state index in [0.717, 1.165) is 113 Å². The second-order valence-corrected chi connectivity index (χ2v) is 15.9. The number of piperidine rings is 2. The van der Waals surface area contributed by atoms with E-state index in [1.54, 1.807) is 18.1 Å². The van der Waals surface area contributed by atoms with Crippen LogP contribution in [0.5, 0.6) is 0 Å². The number of amides is 4. The summed E-state index contributed by atoms with van der Waals surface area (Å²) in [6, 6.07) is 13.0. The third-order valence-corrected chi connectivity index (χ3v) is 12.5. The molecule has 4 aliphatic heterocycles. The molecule has 0 aliphatic carbocycles. The Kier molecular flexibility index (Phi) is 11.4. The van der Waals surface area contributed by atoms with Crippen molar-refractivity contribution in [2.24, 2.45) is 5.73 Å². The van der Waals surface area contributed by atoms with Gasteiger partial charge in [0.05, 0.1) is 18.2 Å². The van der Waals surface area contributed by atoms with Gasteiger partial charge >= 0.3 is 6.03 Å². The molecule has 4 aromatic rings. The highest BCUT2D eigenvalue weighted by atomic mass is 16.5. The molecule has 306 valence electrons. The normalized spacial score (nSPS) is 19.9. The molecule has 8 rings (SSSR count). The molecule has 0 bridgehead atoms. The highest BCUT2D eigenvalue weighted by Crippen LogP contribution is 2.35. The van der Waals surface area contributed by atoms with Crippen LogP contribution in [0, 0.1) is 0 Å². The molecule has 4 aliphatic rings. The van der Waals surface area contributed by atoms with Crippen LogP contribution in [0.15, 0.2) is 47.1 Å². The number of rotatable bonds is 12. The maximum Gasteiger partial charge on any atom is 0.320 e. The van der Waals surface area contributed by atoms with Crippen LogP contribution in [0.3, 0.4) is 0 Å². The Bertz CT molecular complexity index is 2150. The van der Waals surface area contributed by atoms with Gasteiger partial charge in [-0.1, -0.05) is 11.2 Å². The molecule has 2 atom stereocenters. The van der Waals surface area contributed by atoms with Crippen LogP contribution >= 0.6 is 0 Å². The van der Waals surface area contributed by atoms with E-state index in [4.69, 9.17) is 15.2 Å². The van der Waals surface area contributed by atoms with Gasteiger partial charge in [-0.3, -0.25) is 14.5 Å². The SMILES string of the molecule is CNC(=O)C(CCC=O)c1noc2c3c(ccc12)CCN(C1CCN(c2ccc(Nc4nc(N5CCCC(N6CCN(C)C6=O)C5)cnc4C(N)=O)cc2)CC1)CC3. The lowest BCUT2D eigenvalue weighted by molar-refractivity contribution is -0.122. The highest BCUT2D eigenvalue weighted by molar-refractivity contribution is 5.96. The minimum atomic E-state index is -0.657. The molecule has 3 fully saturated rings. The maximum absolute atomic E-state index is 12.7. The first kappa shape index (κ1) is 39.1. The van der Waals surface area contributed by atoms with Crippen molar-refractivity contribution in [1.82, 2.24) is 35.1 Å². The number of benzene rings is 2. The van der Waals surface area contributed by atoms with Gasteiger partial charge in [0.15, 0.2) is 17.1 Å². The molecule has 2 aromatic heterocycles. The fourth-order valence-electron chi connectivity index (χ4n) is 9.28. The van der Waals surface area contributed by atoms with Gasteiger partial charge in [0.2, 0.25) is 5.91 Å². The third kappa shape index (κ3) is 7.89. The number of primary amides is 1. The molecule has 4 amide bonds. The molecule has 0 saturated carbocycles. The van der Waals surface area contributed by atoms with E-state index >= 15 is 0 Å². The largest absolute Gasteiger partial charge is 0.371 e. The molecule has 58 heavy (non-hydrogen) atoms. The van der Waals surface area contributed by atoms with E-state index in [-0.39, 0.29) is 30.1 Å². The molecule has 16 heteroatoms. The van der Waals surface area contributed by atoms with Gasteiger partial charge in [0, 0.05) is 101 Å². The Morgan fingerprint density at radius 3 is 2.48 bits per heavy atom. The number of aromatic nitrogens is 3. The smallest absolute Gasteiger partial charge is 0.320 e. The molecule has 6 heterocycles. The number of carbonyl (C=O) groups excluding carboxylic acids is 4. The van der Waals surface area contributed by atoms with Gasteiger partial charge in [-0.15, -0.1) is 0 Å². The summed E-state index contributed by atoms with van der Waals surface area (Å²) in [7, 11) is 3.44. The molecule has 0 spiro atoms. The first-order valence-electron chi connectivity index (χ1n) is 20.6. The van der Waals surface area contributed by atoms with Crippen LogP contribution in [0.25, 0.3) is 11.0 Å². The number of nitrogens with two attached hydrogens (primary N) is 1. The molecular weight excluding hydrogens is 739 g/mol. The first-order valence-corrected chi connectivity index (χ1v) is 20.6. The minimum Gasteiger partial charge on any atom is -0.371 e. The zero-order chi connectivity index (χ0) is 40.3. The number of fused-ring (bicyclic) bond motifs is 3. The van der Waals surface area contributed by atoms with Crippen molar-refractivity contribution in [1.29, 1.82) is 0 Å². The predicted octanol–water partition coefficient (Wildman–Crippen LogP) is 3.67. The third-order valence-electron chi connectivity index (χ3n) is 12.5. The summed E-state index contributed by atoms with van der Waals surface area (Å²) >= 11 is 0. The van der Waals surface area contributed by atoms with E-state index in [2.05, 4.69) is 53.7 Å². The van der Waals surface area contributed by atoms with Crippen molar-refractivity contribution in [3.8, 4) is 0 Å². The Balaban J connectivity index is 0.880. The Morgan fingerprint density at radius 1 is 0.966 bits per heavy atom. The topological polar surface area (TPSA) is 186 Å². The monoisotopic (exact) mass is 791 g/mol. The first-order chi connectivity index (χ1) is 28.2. The molecule has 16 nitrogen and oxygen atoms in total. The maximum atomic E-state index is 12.7. The number of hydrogen-bond donors (Lipinski definition) is 3. The summed E-state index contributed by atoms with van der Waals surface area (Å²) in [5.74, 6) is -0.406. The van der Waals surface area contributed by atoms with Crippen molar-refractivity contribution in [3.63, 3.8) is 0 Å². The van der Waals surface area contributed by atoms with Crippen molar-refractivity contribution in [2.75, 3.05) is 81.6 Å². The average Bonchev–Trinajstić information content (AvgIpc) is 3.75. The Hall–Kier alpha value is -5.77. The fraction of sp³-hybridized carbons (Fsp3) is 0.500. The number of anilines is 4. The Labute approximate surface area is 338 Å². The standard InChI is InChI=1S/C42H53N11O5/c1-44-41(56)34(6-4-24-54)36-33-12-7-27-13-18-50(21-16-32(27)38(33)58-48-36)30-14-19-51(20-15-30)29-10-8-28(9-11-29)46-40-37(39(43)55)45-25-35(47-40)52-17-3-5-31(26-52)53-23-22-49(2)42(53)57/h7-12,24-25,30-31,34H,3-6,13-23,26H2,1-2H3,(H2,43,55)(H,44,56)(H,46,47). The van der Waals surface area contributed by atoms with Crippen LogP contribution in [0.2, 0.25) is 0 Å². The van der Waals surface area contributed by atoms with E-state index < -0.39 is 11.8 Å². The summed E-state index contributed by atoms with van der Waals surface area (Å²) in [5, 5.41) is 11.2. The predicted molar refractivity (Wildman–Crippen MR) is 221 cm³/mol. The lowest BCUT2D eigenvalue weighted by Gasteiger charge is -2.39. The summed E-state index contributed by atoms with van der Waals surface area (Å²) in [6.07, 6.45) is 8.82. The van der Waals surface area contributed by atoms with Gasteiger partial charge in [0.1, 0.15) is 17.8 Å². The molecular formula is C42H53N11O5. The van der Waals surface area contributed by atoms with Gasteiger partial charge in [-0.25, -0.2) is 14.8 Å². The minimum absolute atomic E-state index is 0.0651. The van der Waals surface area contributed by atoms with E-state index in [1.807, 2.05) is 30.1 Å². The number of urea groups is 1. The van der Waals surface area contributed by atoms with Crippen molar-refractivity contribution >= 4 is 58.1 Å². The molecule has 0 radical (unpaired) electrons.